The van der Waals surface area contributed by atoms with E-state index in [9.17, 15) is 22.8 Å². The van der Waals surface area contributed by atoms with E-state index < -0.39 is 63.2 Å². The maximum Gasteiger partial charge on any atom is 0.312 e. The molecule has 1 spiro atoms. The third-order valence-electron chi connectivity index (χ3n) is 9.63. The van der Waals surface area contributed by atoms with Gasteiger partial charge < -0.3 is 9.47 Å². The number of hydrogen-bond acceptors (Lipinski definition) is 8. The van der Waals surface area contributed by atoms with Gasteiger partial charge in [0.1, 0.15) is 6.04 Å². The predicted molar refractivity (Wildman–Crippen MR) is 134 cm³/mol. The summed E-state index contributed by atoms with van der Waals surface area (Å²) in [5.41, 5.74) is -0.000485. The summed E-state index contributed by atoms with van der Waals surface area (Å²) in [6.07, 6.45) is 2.34. The molecule has 2 heterocycles. The lowest BCUT2D eigenvalue weighted by molar-refractivity contribution is -0.160. The van der Waals surface area contributed by atoms with Crippen LogP contribution < -0.4 is 5.32 Å². The first-order valence-corrected chi connectivity index (χ1v) is 14.8. The smallest absolute Gasteiger partial charge is 0.312 e. The first-order chi connectivity index (χ1) is 17.5. The maximum absolute atomic E-state index is 14.2. The first kappa shape index (κ1) is 26.2. The number of sulfonamides is 1. The number of nitrogens with zero attached hydrogens (tertiary/aromatic N) is 1. The van der Waals surface area contributed by atoms with Crippen molar-refractivity contribution in [3.05, 3.63) is 35.9 Å². The van der Waals surface area contributed by atoms with Crippen LogP contribution in [0.3, 0.4) is 0 Å². The van der Waals surface area contributed by atoms with Crippen molar-refractivity contribution >= 4 is 27.9 Å². The molecule has 1 amide bonds. The summed E-state index contributed by atoms with van der Waals surface area (Å²) in [5, 5.41) is 3.19. The monoisotopic (exact) mass is 532 g/mol. The minimum Gasteiger partial charge on any atom is -0.466 e. The lowest BCUT2D eigenvalue weighted by Crippen LogP contribution is -2.53. The number of nitrogens with one attached hydrogen (secondary N) is 1. The second kappa shape index (κ2) is 9.08. The molecule has 1 N–H and O–H groups in total. The fourth-order valence-electron chi connectivity index (χ4n) is 7.76. The predicted octanol–water partition coefficient (Wildman–Crippen LogP) is 2.42. The molecule has 1 aromatic rings. The zero-order valence-electron chi connectivity index (χ0n) is 21.8. The number of carbonyl (C=O) groups is 3. The van der Waals surface area contributed by atoms with Gasteiger partial charge in [-0.3, -0.25) is 19.7 Å². The van der Waals surface area contributed by atoms with Gasteiger partial charge in [0.15, 0.2) is 0 Å². The van der Waals surface area contributed by atoms with E-state index in [-0.39, 0.29) is 24.4 Å². The molecular weight excluding hydrogens is 496 g/mol. The molecule has 2 aliphatic heterocycles. The molecule has 2 saturated carbocycles. The number of esters is 2. The highest BCUT2D eigenvalue weighted by Crippen LogP contribution is 2.70. The van der Waals surface area contributed by atoms with E-state index in [0.717, 1.165) is 17.1 Å². The van der Waals surface area contributed by atoms with Crippen LogP contribution in [-0.4, -0.2) is 61.6 Å². The third-order valence-corrected chi connectivity index (χ3v) is 11.5. The Morgan fingerprint density at radius 2 is 1.65 bits per heavy atom. The molecule has 37 heavy (non-hydrogen) atoms. The number of amides is 1. The standard InChI is InChI=1S/C27H36N2O7S/c1-5-35-24(31)19-20(25(32)36-6-2)22(28-21(19)16-10-8-7-9-11-16)23(30)29-18-14-17-12-13-27(18,26(17,3)4)15-37(29,33)34/h7-11,17-22,28H,5-6,12-15H2,1-4H3/t17-,18-,19+,20-,21+,22+,27-/m1/s1. The Labute approximate surface area is 218 Å². The Morgan fingerprint density at radius 3 is 2.24 bits per heavy atom. The molecule has 1 aromatic carbocycles. The largest absolute Gasteiger partial charge is 0.466 e. The highest BCUT2D eigenvalue weighted by molar-refractivity contribution is 7.90. The molecule has 10 heteroatoms. The van der Waals surface area contributed by atoms with Crippen LogP contribution in [0, 0.1) is 28.6 Å². The topological polar surface area (TPSA) is 119 Å². The summed E-state index contributed by atoms with van der Waals surface area (Å²) in [5.74, 6) is -4.04. The summed E-state index contributed by atoms with van der Waals surface area (Å²) in [4.78, 5) is 40.8. The van der Waals surface area contributed by atoms with Crippen LogP contribution in [0.2, 0.25) is 0 Å². The molecule has 0 unspecified atom stereocenters. The van der Waals surface area contributed by atoms with Gasteiger partial charge >= 0.3 is 11.9 Å². The van der Waals surface area contributed by atoms with Crippen LogP contribution in [0.5, 0.6) is 0 Å². The van der Waals surface area contributed by atoms with Crippen molar-refractivity contribution in [2.75, 3.05) is 19.0 Å². The second-order valence-electron chi connectivity index (χ2n) is 11.3. The number of rotatable bonds is 6. The molecule has 2 bridgehead atoms. The average Bonchev–Trinajstić information content (AvgIpc) is 3.50. The molecule has 7 atom stereocenters. The number of ether oxygens (including phenoxy) is 2. The van der Waals surface area contributed by atoms with Crippen LogP contribution in [0.4, 0.5) is 0 Å². The Kier molecular flexibility index (Phi) is 6.42. The second-order valence-corrected chi connectivity index (χ2v) is 13.2. The van der Waals surface area contributed by atoms with Crippen LogP contribution in [0.15, 0.2) is 30.3 Å². The van der Waals surface area contributed by atoms with E-state index in [2.05, 4.69) is 19.2 Å². The highest BCUT2D eigenvalue weighted by atomic mass is 32.2. The Hall–Kier alpha value is -2.46. The molecule has 9 nitrogen and oxygen atoms in total. The van der Waals surface area contributed by atoms with Gasteiger partial charge in [0.05, 0.1) is 36.8 Å². The van der Waals surface area contributed by atoms with E-state index >= 15 is 0 Å². The molecule has 0 aromatic heterocycles. The first-order valence-electron chi connectivity index (χ1n) is 13.2. The van der Waals surface area contributed by atoms with E-state index in [0.29, 0.717) is 17.9 Å². The van der Waals surface area contributed by atoms with E-state index in [1.54, 1.807) is 38.1 Å². The SMILES string of the molecule is CCOC(=O)[C@@H]1[C@H](C(=O)OCC)[C@H](c2ccccc2)N[C@@H]1C(=O)N1[C@@H]2C[C@H]3CC[C@]2(CS1(=O)=O)C3(C)C. The maximum atomic E-state index is 14.2. The van der Waals surface area contributed by atoms with Crippen LogP contribution in [-0.2, 0) is 33.9 Å². The summed E-state index contributed by atoms with van der Waals surface area (Å²) in [6, 6.07) is 6.64. The molecule has 5 rings (SSSR count). The van der Waals surface area contributed by atoms with E-state index in [4.69, 9.17) is 9.47 Å². The van der Waals surface area contributed by atoms with E-state index in [1.165, 1.54) is 0 Å². The summed E-state index contributed by atoms with van der Waals surface area (Å²) in [6.45, 7) is 7.72. The van der Waals surface area contributed by atoms with Crippen molar-refractivity contribution < 1.29 is 32.3 Å². The minimum atomic E-state index is -3.91. The van der Waals surface area contributed by atoms with Gasteiger partial charge in [-0.05, 0) is 50.0 Å². The molecule has 4 fully saturated rings. The van der Waals surface area contributed by atoms with Crippen LogP contribution in [0.25, 0.3) is 0 Å². The molecule has 4 aliphatic rings. The quantitative estimate of drug-likeness (QED) is 0.555. The Morgan fingerprint density at radius 1 is 1.03 bits per heavy atom. The lowest BCUT2D eigenvalue weighted by atomic mass is 9.69. The number of fused-ring (bicyclic) bond motifs is 1. The van der Waals surface area contributed by atoms with Gasteiger partial charge in [-0.2, -0.15) is 0 Å². The Bertz CT molecular complexity index is 1200. The summed E-state index contributed by atoms with van der Waals surface area (Å²) < 4.78 is 38.9. The van der Waals surface area contributed by atoms with Crippen molar-refractivity contribution in [1.29, 1.82) is 0 Å². The zero-order valence-corrected chi connectivity index (χ0v) is 22.6. The average molecular weight is 533 g/mol. The Balaban J connectivity index is 1.57. The van der Waals surface area contributed by atoms with Crippen molar-refractivity contribution in [1.82, 2.24) is 9.62 Å². The van der Waals surface area contributed by atoms with Crippen molar-refractivity contribution in [2.24, 2.45) is 28.6 Å². The molecule has 202 valence electrons. The lowest BCUT2D eigenvalue weighted by Gasteiger charge is -2.37. The number of hydrogen-bond donors (Lipinski definition) is 1. The van der Waals surface area contributed by atoms with Gasteiger partial charge in [-0.25, -0.2) is 12.7 Å². The van der Waals surface area contributed by atoms with Gasteiger partial charge in [0.25, 0.3) is 5.91 Å². The van der Waals surface area contributed by atoms with Gasteiger partial charge in [0, 0.05) is 11.5 Å². The highest BCUT2D eigenvalue weighted by Gasteiger charge is 2.73. The molecule has 2 saturated heterocycles. The van der Waals surface area contributed by atoms with Crippen molar-refractivity contribution in [3.8, 4) is 0 Å². The third kappa shape index (κ3) is 3.73. The van der Waals surface area contributed by atoms with Gasteiger partial charge in [-0.15, -0.1) is 0 Å². The minimum absolute atomic E-state index is 0.0609. The molecule has 0 radical (unpaired) electrons. The van der Waals surface area contributed by atoms with Crippen molar-refractivity contribution in [3.63, 3.8) is 0 Å². The summed E-state index contributed by atoms with van der Waals surface area (Å²) in [7, 11) is -3.91. The number of carbonyl (C=O) groups excluding carboxylic acids is 3. The molecule has 2 aliphatic carbocycles. The zero-order chi connectivity index (χ0) is 26.8. The van der Waals surface area contributed by atoms with Crippen LogP contribution >= 0.6 is 0 Å². The fraction of sp³-hybridized carbons (Fsp3) is 0.667. The van der Waals surface area contributed by atoms with Gasteiger partial charge in [0.2, 0.25) is 10.0 Å². The number of benzene rings is 1. The van der Waals surface area contributed by atoms with Crippen LogP contribution in [0.1, 0.15) is 58.6 Å². The normalized spacial score (nSPS) is 36.8. The fourth-order valence-corrected chi connectivity index (χ4v) is 10.3. The molecular formula is C27H36N2O7S. The summed E-state index contributed by atoms with van der Waals surface area (Å²) >= 11 is 0. The van der Waals surface area contributed by atoms with E-state index in [1.807, 2.05) is 6.07 Å². The van der Waals surface area contributed by atoms with Gasteiger partial charge in [-0.1, -0.05) is 44.2 Å². The van der Waals surface area contributed by atoms with Crippen molar-refractivity contribution in [2.45, 2.75) is 65.1 Å².